The molecule has 0 heterocycles. The Morgan fingerprint density at radius 3 is 2.50 bits per heavy atom. The Labute approximate surface area is 168 Å². The van der Waals surface area contributed by atoms with Crippen LogP contribution < -0.4 is 10.5 Å². The maximum absolute atomic E-state index is 12.1. The molecule has 0 saturated carbocycles. The van der Waals surface area contributed by atoms with Crippen molar-refractivity contribution in [3.8, 4) is 0 Å². The van der Waals surface area contributed by atoms with E-state index >= 15 is 0 Å². The zero-order valence-corrected chi connectivity index (χ0v) is 16.8. The molecule has 28 heavy (non-hydrogen) atoms. The lowest BCUT2D eigenvalue weighted by Gasteiger charge is -2.14. The second kappa shape index (κ2) is 9.68. The number of hydrogen-bond acceptors (Lipinski definition) is 5. The van der Waals surface area contributed by atoms with Crippen LogP contribution in [0.4, 0.5) is 0 Å². The first-order valence-corrected chi connectivity index (χ1v) is 10.4. The number of amides is 1. The fourth-order valence-electron chi connectivity index (χ4n) is 2.48. The van der Waals surface area contributed by atoms with Crippen molar-refractivity contribution in [3.63, 3.8) is 0 Å². The molecule has 1 unspecified atom stereocenters. The number of rotatable bonds is 8. The number of esters is 1. The highest BCUT2D eigenvalue weighted by Crippen LogP contribution is 2.21. The van der Waals surface area contributed by atoms with Gasteiger partial charge < -0.3 is 10.1 Å². The number of nitrogens with two attached hydrogens (primary N) is 1. The maximum Gasteiger partial charge on any atom is 0.338 e. The fourth-order valence-corrected chi connectivity index (χ4v) is 3.55. The predicted molar refractivity (Wildman–Crippen MR) is 105 cm³/mol. The van der Waals surface area contributed by atoms with Gasteiger partial charge in [0.1, 0.15) is 4.90 Å². The van der Waals surface area contributed by atoms with E-state index in [0.717, 1.165) is 18.9 Å². The smallest absolute Gasteiger partial charge is 0.338 e. The molecular formula is C19H21ClN2O5S. The topological polar surface area (TPSA) is 116 Å². The molecule has 7 nitrogen and oxygen atoms in total. The standard InChI is InChI=1S/C19H21ClN2O5S/c1-13(7-8-14-5-3-2-4-6-14)22-18(23)12-27-19(24)15-9-10-16(20)17(11-15)28(21,25)26/h2-6,9-11,13H,7-8,12H2,1H3,(H,22,23)(H2,21,25,26). The SMILES string of the molecule is CC(CCc1ccccc1)NC(=O)COC(=O)c1ccc(Cl)c(S(N)(=O)=O)c1. The van der Waals surface area contributed by atoms with Crippen LogP contribution in [0.2, 0.25) is 5.02 Å². The number of hydrogen-bond donors (Lipinski definition) is 2. The summed E-state index contributed by atoms with van der Waals surface area (Å²) in [6, 6.07) is 13.3. The van der Waals surface area contributed by atoms with E-state index in [1.165, 1.54) is 17.7 Å². The van der Waals surface area contributed by atoms with E-state index in [0.29, 0.717) is 0 Å². The molecule has 2 aromatic carbocycles. The summed E-state index contributed by atoms with van der Waals surface area (Å²) >= 11 is 5.77. The first kappa shape index (κ1) is 21.9. The van der Waals surface area contributed by atoms with Crippen LogP contribution in [0.3, 0.4) is 0 Å². The van der Waals surface area contributed by atoms with E-state index in [2.05, 4.69) is 5.32 Å². The zero-order chi connectivity index (χ0) is 20.7. The molecule has 0 aromatic heterocycles. The summed E-state index contributed by atoms with van der Waals surface area (Å²) in [4.78, 5) is 23.6. The van der Waals surface area contributed by atoms with Crippen LogP contribution in [0, 0.1) is 0 Å². The van der Waals surface area contributed by atoms with Crippen LogP contribution in [-0.2, 0) is 26.0 Å². The number of carbonyl (C=O) groups is 2. The molecule has 1 amide bonds. The van der Waals surface area contributed by atoms with Crippen LogP contribution in [-0.4, -0.2) is 32.9 Å². The van der Waals surface area contributed by atoms with Gasteiger partial charge in [0.25, 0.3) is 5.91 Å². The van der Waals surface area contributed by atoms with Crippen molar-refractivity contribution in [2.45, 2.75) is 30.7 Å². The summed E-state index contributed by atoms with van der Waals surface area (Å²) < 4.78 is 27.8. The van der Waals surface area contributed by atoms with Gasteiger partial charge in [-0.05, 0) is 43.5 Å². The third-order valence-electron chi connectivity index (χ3n) is 3.92. The number of halogens is 1. The monoisotopic (exact) mass is 424 g/mol. The van der Waals surface area contributed by atoms with E-state index in [1.54, 1.807) is 0 Å². The van der Waals surface area contributed by atoms with Gasteiger partial charge >= 0.3 is 5.97 Å². The van der Waals surface area contributed by atoms with Gasteiger partial charge in [0.15, 0.2) is 6.61 Å². The van der Waals surface area contributed by atoms with Crippen LogP contribution in [0.15, 0.2) is 53.4 Å². The minimum atomic E-state index is -4.08. The van der Waals surface area contributed by atoms with E-state index in [1.807, 2.05) is 37.3 Å². The second-order valence-corrected chi connectivity index (χ2v) is 8.20. The molecule has 150 valence electrons. The zero-order valence-electron chi connectivity index (χ0n) is 15.2. The Balaban J connectivity index is 1.84. The van der Waals surface area contributed by atoms with Crippen molar-refractivity contribution in [3.05, 3.63) is 64.7 Å². The van der Waals surface area contributed by atoms with Crippen LogP contribution >= 0.6 is 11.6 Å². The third kappa shape index (κ3) is 6.63. The molecule has 1 atom stereocenters. The highest BCUT2D eigenvalue weighted by atomic mass is 35.5. The molecule has 0 spiro atoms. The molecule has 0 aliphatic carbocycles. The summed E-state index contributed by atoms with van der Waals surface area (Å²) in [6.07, 6.45) is 1.54. The van der Waals surface area contributed by atoms with Gasteiger partial charge in [0.05, 0.1) is 10.6 Å². The number of carbonyl (C=O) groups excluding carboxylic acids is 2. The normalized spacial score (nSPS) is 12.2. The molecule has 0 aliphatic rings. The van der Waals surface area contributed by atoms with E-state index in [-0.39, 0.29) is 21.5 Å². The lowest BCUT2D eigenvalue weighted by molar-refractivity contribution is -0.124. The molecule has 3 N–H and O–H groups in total. The quantitative estimate of drug-likeness (QED) is 0.630. The molecule has 0 aliphatic heterocycles. The summed E-state index contributed by atoms with van der Waals surface area (Å²) in [5.74, 6) is -1.30. The number of primary sulfonamides is 1. The minimum absolute atomic E-state index is 0.0710. The molecular weight excluding hydrogens is 404 g/mol. The number of sulfonamides is 1. The van der Waals surface area contributed by atoms with Crippen molar-refractivity contribution in [1.82, 2.24) is 5.32 Å². The highest BCUT2D eigenvalue weighted by molar-refractivity contribution is 7.89. The first-order chi connectivity index (χ1) is 13.2. The lowest BCUT2D eigenvalue weighted by atomic mass is 10.1. The van der Waals surface area contributed by atoms with E-state index in [4.69, 9.17) is 21.5 Å². The maximum atomic E-state index is 12.1. The largest absolute Gasteiger partial charge is 0.452 e. The van der Waals surface area contributed by atoms with Gasteiger partial charge in [-0.2, -0.15) is 0 Å². The molecule has 0 fully saturated rings. The van der Waals surface area contributed by atoms with Gasteiger partial charge in [-0.15, -0.1) is 0 Å². The lowest BCUT2D eigenvalue weighted by Crippen LogP contribution is -2.36. The molecule has 2 aromatic rings. The van der Waals surface area contributed by atoms with E-state index < -0.39 is 28.5 Å². The van der Waals surface area contributed by atoms with Crippen molar-refractivity contribution < 1.29 is 22.7 Å². The van der Waals surface area contributed by atoms with Crippen molar-refractivity contribution in [1.29, 1.82) is 0 Å². The Kier molecular flexibility index (Phi) is 7.56. The number of aryl methyl sites for hydroxylation is 1. The van der Waals surface area contributed by atoms with Gasteiger partial charge in [-0.3, -0.25) is 4.79 Å². The molecule has 0 bridgehead atoms. The summed E-state index contributed by atoms with van der Waals surface area (Å²) in [5, 5.41) is 7.69. The summed E-state index contributed by atoms with van der Waals surface area (Å²) in [5.41, 5.74) is 1.10. The Hall–Kier alpha value is -2.42. The Morgan fingerprint density at radius 1 is 1.18 bits per heavy atom. The van der Waals surface area contributed by atoms with Gasteiger partial charge in [-0.25, -0.2) is 18.4 Å². The molecule has 0 saturated heterocycles. The number of nitrogens with one attached hydrogen (secondary N) is 1. The number of benzene rings is 2. The highest BCUT2D eigenvalue weighted by Gasteiger charge is 2.18. The molecule has 0 radical (unpaired) electrons. The van der Waals surface area contributed by atoms with E-state index in [9.17, 15) is 18.0 Å². The van der Waals surface area contributed by atoms with Crippen LogP contribution in [0.1, 0.15) is 29.3 Å². The van der Waals surface area contributed by atoms with Crippen molar-refractivity contribution in [2.24, 2.45) is 5.14 Å². The van der Waals surface area contributed by atoms with Gasteiger partial charge in [-0.1, -0.05) is 41.9 Å². The average molecular weight is 425 g/mol. The third-order valence-corrected chi connectivity index (χ3v) is 5.32. The predicted octanol–water partition coefficient (Wildman–Crippen LogP) is 2.28. The minimum Gasteiger partial charge on any atom is -0.452 e. The molecule has 2 rings (SSSR count). The number of ether oxygens (including phenoxy) is 1. The second-order valence-electron chi connectivity index (χ2n) is 6.26. The summed E-state index contributed by atoms with van der Waals surface area (Å²) in [6.45, 7) is 1.38. The van der Waals surface area contributed by atoms with Crippen LogP contribution in [0.25, 0.3) is 0 Å². The fraction of sp³-hybridized carbons (Fsp3) is 0.263. The Bertz CT molecular complexity index is 948. The molecule has 9 heteroatoms. The first-order valence-electron chi connectivity index (χ1n) is 8.49. The van der Waals surface area contributed by atoms with Crippen molar-refractivity contribution >= 4 is 33.5 Å². The van der Waals surface area contributed by atoms with Crippen molar-refractivity contribution in [2.75, 3.05) is 6.61 Å². The van der Waals surface area contributed by atoms with Gasteiger partial charge in [0.2, 0.25) is 10.0 Å². The average Bonchev–Trinajstić information content (AvgIpc) is 2.64. The summed E-state index contributed by atoms with van der Waals surface area (Å²) in [7, 11) is -4.08. The van der Waals surface area contributed by atoms with Gasteiger partial charge in [0, 0.05) is 6.04 Å². The van der Waals surface area contributed by atoms with Crippen LogP contribution in [0.5, 0.6) is 0 Å². The Morgan fingerprint density at radius 2 is 1.86 bits per heavy atom.